The van der Waals surface area contributed by atoms with Crippen LogP contribution in [0.15, 0.2) is 18.2 Å². The van der Waals surface area contributed by atoms with Crippen LogP contribution in [0.4, 0.5) is 4.79 Å². The lowest BCUT2D eigenvalue weighted by Crippen LogP contribution is -2.44. The molecule has 2 aliphatic carbocycles. The molecule has 2 saturated carbocycles. The van der Waals surface area contributed by atoms with Gasteiger partial charge in [0.1, 0.15) is 17.4 Å². The van der Waals surface area contributed by atoms with Gasteiger partial charge < -0.3 is 25.6 Å². The number of carbonyl (C=O) groups is 2. The van der Waals surface area contributed by atoms with Gasteiger partial charge in [-0.2, -0.15) is 0 Å². The van der Waals surface area contributed by atoms with Gasteiger partial charge in [-0.15, -0.1) is 0 Å². The summed E-state index contributed by atoms with van der Waals surface area (Å²) < 4.78 is 5.02. The van der Waals surface area contributed by atoms with E-state index in [2.05, 4.69) is 10.6 Å². The van der Waals surface area contributed by atoms with Crippen molar-refractivity contribution in [3.05, 3.63) is 28.8 Å². The van der Waals surface area contributed by atoms with Crippen LogP contribution in [0, 0.1) is 0 Å². The third kappa shape index (κ3) is 11.0. The van der Waals surface area contributed by atoms with Crippen LogP contribution in [0.5, 0.6) is 5.75 Å². The lowest BCUT2D eigenvalue weighted by atomic mass is 9.91. The SMILES string of the molecule is C1CCC(NC2CCCCC2)CC1.CC(C)(C)OC(=O)N[C@H](Cc1ccc(O)c(Cl)c1)C(=O)O. The van der Waals surface area contributed by atoms with Crippen LogP contribution in [0.1, 0.15) is 90.5 Å². The fourth-order valence-corrected chi connectivity index (χ4v) is 4.64. The van der Waals surface area contributed by atoms with Crippen molar-refractivity contribution in [2.24, 2.45) is 0 Å². The van der Waals surface area contributed by atoms with Crippen LogP contribution in [0.25, 0.3) is 0 Å². The van der Waals surface area contributed by atoms with E-state index in [4.69, 9.17) is 21.4 Å². The van der Waals surface area contributed by atoms with Crippen molar-refractivity contribution in [1.82, 2.24) is 10.6 Å². The summed E-state index contributed by atoms with van der Waals surface area (Å²) in [6.07, 6.45) is 13.8. The van der Waals surface area contributed by atoms with Crippen molar-refractivity contribution in [3.8, 4) is 5.75 Å². The van der Waals surface area contributed by atoms with Crippen molar-refractivity contribution in [3.63, 3.8) is 0 Å². The van der Waals surface area contributed by atoms with Gasteiger partial charge in [0.25, 0.3) is 0 Å². The highest BCUT2D eigenvalue weighted by atomic mass is 35.5. The zero-order chi connectivity index (χ0) is 25.1. The average Bonchev–Trinajstić information content (AvgIpc) is 2.76. The van der Waals surface area contributed by atoms with Crippen LogP contribution in [0.3, 0.4) is 0 Å². The van der Waals surface area contributed by atoms with E-state index in [9.17, 15) is 14.7 Å². The molecule has 2 fully saturated rings. The van der Waals surface area contributed by atoms with Crippen LogP contribution in [-0.2, 0) is 16.0 Å². The lowest BCUT2D eigenvalue weighted by Gasteiger charge is -2.30. The number of carbonyl (C=O) groups excluding carboxylic acids is 1. The summed E-state index contributed by atoms with van der Waals surface area (Å²) in [5.41, 5.74) is -0.143. The summed E-state index contributed by atoms with van der Waals surface area (Å²) in [6.45, 7) is 5.05. The highest BCUT2D eigenvalue weighted by Crippen LogP contribution is 2.24. The molecule has 0 aliphatic heterocycles. The normalized spacial score (nSPS) is 18.4. The minimum Gasteiger partial charge on any atom is -0.506 e. The molecule has 7 nitrogen and oxygen atoms in total. The maximum absolute atomic E-state index is 11.6. The van der Waals surface area contributed by atoms with Gasteiger partial charge in [0.05, 0.1) is 5.02 Å². The third-order valence-corrected chi connectivity index (χ3v) is 6.43. The maximum atomic E-state index is 11.6. The molecule has 1 aromatic carbocycles. The van der Waals surface area contributed by atoms with Gasteiger partial charge in [0, 0.05) is 18.5 Å². The quantitative estimate of drug-likeness (QED) is 0.396. The first-order chi connectivity index (χ1) is 16.0. The topological polar surface area (TPSA) is 108 Å². The molecule has 0 aromatic heterocycles. The first-order valence-corrected chi connectivity index (χ1v) is 12.9. The number of carboxylic acid groups (broad SMARTS) is 1. The fourth-order valence-electron chi connectivity index (χ4n) is 4.43. The first kappa shape index (κ1) is 28.2. The Morgan fingerprint density at radius 2 is 1.56 bits per heavy atom. The molecule has 0 spiro atoms. The van der Waals surface area contributed by atoms with Gasteiger partial charge in [0.15, 0.2) is 0 Å². The smallest absolute Gasteiger partial charge is 0.408 e. The fraction of sp³-hybridized carbons (Fsp3) is 0.692. The van der Waals surface area contributed by atoms with Crippen molar-refractivity contribution in [1.29, 1.82) is 0 Å². The second-order valence-corrected chi connectivity index (χ2v) is 10.8. The van der Waals surface area contributed by atoms with E-state index in [-0.39, 0.29) is 17.2 Å². The molecule has 34 heavy (non-hydrogen) atoms. The molecule has 0 bridgehead atoms. The molecule has 192 valence electrons. The molecule has 1 aromatic rings. The van der Waals surface area contributed by atoms with Crippen LogP contribution >= 0.6 is 11.6 Å². The number of rotatable bonds is 6. The second kappa shape index (κ2) is 13.8. The predicted molar refractivity (Wildman–Crippen MR) is 134 cm³/mol. The Bertz CT molecular complexity index is 768. The van der Waals surface area contributed by atoms with E-state index in [1.807, 2.05) is 0 Å². The Balaban J connectivity index is 0.000000266. The Labute approximate surface area is 208 Å². The number of aromatic hydroxyl groups is 1. The molecule has 2 aliphatic rings. The van der Waals surface area contributed by atoms with Gasteiger partial charge in [-0.1, -0.05) is 56.2 Å². The van der Waals surface area contributed by atoms with E-state index < -0.39 is 23.7 Å². The van der Waals surface area contributed by atoms with E-state index >= 15 is 0 Å². The number of carboxylic acids is 1. The number of halogens is 1. The number of nitrogens with one attached hydrogen (secondary N) is 2. The largest absolute Gasteiger partial charge is 0.506 e. The van der Waals surface area contributed by atoms with Gasteiger partial charge in [-0.25, -0.2) is 9.59 Å². The molecule has 1 atom stereocenters. The third-order valence-electron chi connectivity index (χ3n) is 6.12. The van der Waals surface area contributed by atoms with E-state index in [0.29, 0.717) is 5.56 Å². The van der Waals surface area contributed by atoms with Crippen molar-refractivity contribution >= 4 is 23.7 Å². The number of alkyl carbamates (subject to hydrolysis) is 1. The summed E-state index contributed by atoms with van der Waals surface area (Å²) >= 11 is 5.76. The number of benzene rings is 1. The maximum Gasteiger partial charge on any atom is 0.408 e. The summed E-state index contributed by atoms with van der Waals surface area (Å²) in [7, 11) is 0. The van der Waals surface area contributed by atoms with E-state index in [1.165, 1.54) is 82.4 Å². The van der Waals surface area contributed by atoms with Gasteiger partial charge in [-0.3, -0.25) is 0 Å². The van der Waals surface area contributed by atoms with Gasteiger partial charge >= 0.3 is 12.1 Å². The highest BCUT2D eigenvalue weighted by Gasteiger charge is 2.24. The molecule has 0 unspecified atom stereocenters. The van der Waals surface area contributed by atoms with Crippen molar-refractivity contribution < 1.29 is 24.5 Å². The van der Waals surface area contributed by atoms with Gasteiger partial charge in [0.2, 0.25) is 0 Å². The summed E-state index contributed by atoms with van der Waals surface area (Å²) in [5, 5.41) is 24.7. The summed E-state index contributed by atoms with van der Waals surface area (Å²) in [4.78, 5) is 22.8. The molecule has 0 heterocycles. The Hall–Kier alpha value is -1.99. The van der Waals surface area contributed by atoms with E-state index in [1.54, 1.807) is 20.8 Å². The predicted octanol–water partition coefficient (Wildman–Crippen LogP) is 5.81. The van der Waals surface area contributed by atoms with Crippen LogP contribution in [-0.4, -0.2) is 46.0 Å². The molecule has 4 N–H and O–H groups in total. The molecular weight excluding hydrogens is 456 g/mol. The number of phenolic OH excluding ortho intramolecular Hbond substituents is 1. The zero-order valence-electron chi connectivity index (χ0n) is 20.7. The van der Waals surface area contributed by atoms with Crippen molar-refractivity contribution in [2.75, 3.05) is 0 Å². The lowest BCUT2D eigenvalue weighted by molar-refractivity contribution is -0.139. The Kier molecular flexibility index (Phi) is 11.5. The Morgan fingerprint density at radius 1 is 1.03 bits per heavy atom. The second-order valence-electron chi connectivity index (χ2n) is 10.4. The molecule has 1 amide bonds. The van der Waals surface area contributed by atoms with Gasteiger partial charge in [-0.05, 0) is 64.2 Å². The Morgan fingerprint density at radius 3 is 2.00 bits per heavy atom. The number of hydrogen-bond donors (Lipinski definition) is 4. The minimum atomic E-state index is -1.19. The molecule has 3 rings (SSSR count). The summed E-state index contributed by atoms with van der Waals surface area (Å²) in [5.74, 6) is -1.28. The summed E-state index contributed by atoms with van der Waals surface area (Å²) in [6, 6.07) is 4.94. The molecular formula is C26H41ClN2O5. The van der Waals surface area contributed by atoms with Crippen LogP contribution in [0.2, 0.25) is 5.02 Å². The minimum absolute atomic E-state index is 0.0224. The zero-order valence-corrected chi connectivity index (χ0v) is 21.5. The monoisotopic (exact) mass is 496 g/mol. The number of aliphatic carboxylic acids is 1. The van der Waals surface area contributed by atoms with Crippen molar-refractivity contribution in [2.45, 2.75) is 115 Å². The number of amides is 1. The number of ether oxygens (including phenoxy) is 1. The van der Waals surface area contributed by atoms with E-state index in [0.717, 1.165) is 12.1 Å². The standard InChI is InChI=1S/C14H18ClNO5.C12H23N/c1-14(2,3)21-13(20)16-10(12(18)19)7-8-4-5-11(17)9(15)6-8;1-3-7-11(8-4-1)13-12-9-5-2-6-10-12/h4-6,10,17H,7H2,1-3H3,(H,16,20)(H,18,19);11-13H,1-10H2/t10-;/m1./s1. The number of phenols is 1. The average molecular weight is 497 g/mol. The molecule has 0 radical (unpaired) electrons. The molecule has 0 saturated heterocycles. The number of hydrogen-bond acceptors (Lipinski definition) is 5. The highest BCUT2D eigenvalue weighted by molar-refractivity contribution is 6.32. The molecule has 8 heteroatoms. The van der Waals surface area contributed by atoms with Crippen LogP contribution < -0.4 is 10.6 Å². The first-order valence-electron chi connectivity index (χ1n) is 12.5.